The molecular formula is C13H14F3NO3S. The van der Waals surface area contributed by atoms with Gasteiger partial charge in [0.1, 0.15) is 5.75 Å². The van der Waals surface area contributed by atoms with Gasteiger partial charge in [0.15, 0.2) is 0 Å². The fourth-order valence-corrected chi connectivity index (χ4v) is 2.08. The predicted octanol–water partition coefficient (Wildman–Crippen LogP) is 4.05. The van der Waals surface area contributed by atoms with Crippen molar-refractivity contribution in [2.75, 3.05) is 0 Å². The Bertz CT molecular complexity index is 667. The zero-order valence-corrected chi connectivity index (χ0v) is 12.5. The highest BCUT2D eigenvalue weighted by Crippen LogP contribution is 2.35. The van der Waals surface area contributed by atoms with E-state index in [0.717, 1.165) is 6.07 Å². The summed E-state index contributed by atoms with van der Waals surface area (Å²) in [5.41, 5.74) is -5.18. The maximum absolute atomic E-state index is 12.3. The summed E-state index contributed by atoms with van der Waals surface area (Å²) in [5, 5.41) is 0. The third-order valence-corrected chi connectivity index (χ3v) is 3.33. The number of hydrogen-bond donors (Lipinski definition) is 0. The molecule has 0 atom stereocenters. The van der Waals surface area contributed by atoms with E-state index in [9.17, 15) is 21.6 Å². The second-order valence-electron chi connectivity index (χ2n) is 5.63. The zero-order chi connectivity index (χ0) is 16.5. The van der Waals surface area contributed by atoms with Crippen LogP contribution in [0.3, 0.4) is 0 Å². The molecule has 0 aliphatic heterocycles. The molecule has 0 fully saturated rings. The van der Waals surface area contributed by atoms with Crippen LogP contribution in [-0.2, 0) is 16.5 Å². The smallest absolute Gasteiger partial charge is 0.388 e. The first kappa shape index (κ1) is 17.3. The lowest BCUT2D eigenvalue weighted by Gasteiger charge is -2.19. The Kier molecular flexibility index (Phi) is 4.58. The molecule has 0 radical (unpaired) electrons. The summed E-state index contributed by atoms with van der Waals surface area (Å²) in [6.45, 7) is 12.8. The number of halogens is 3. The number of alkyl halides is 3. The van der Waals surface area contributed by atoms with Crippen LogP contribution in [0, 0.1) is 12.0 Å². The van der Waals surface area contributed by atoms with E-state index in [0.29, 0.717) is 12.0 Å². The van der Waals surface area contributed by atoms with Crippen LogP contribution in [0.25, 0.3) is 4.85 Å². The molecule has 116 valence electrons. The van der Waals surface area contributed by atoms with Crippen molar-refractivity contribution in [3.05, 3.63) is 35.2 Å². The highest BCUT2D eigenvalue weighted by Gasteiger charge is 2.48. The van der Waals surface area contributed by atoms with Crippen LogP contribution in [0.4, 0.5) is 18.9 Å². The molecule has 1 aromatic carbocycles. The van der Waals surface area contributed by atoms with Crippen LogP contribution in [0.2, 0.25) is 0 Å². The molecule has 0 aliphatic rings. The second-order valence-corrected chi connectivity index (χ2v) is 7.17. The summed E-state index contributed by atoms with van der Waals surface area (Å²) in [7, 11) is -5.77. The van der Waals surface area contributed by atoms with Gasteiger partial charge in [0, 0.05) is 0 Å². The monoisotopic (exact) mass is 321 g/mol. The van der Waals surface area contributed by atoms with E-state index in [4.69, 9.17) is 6.57 Å². The van der Waals surface area contributed by atoms with Crippen molar-refractivity contribution in [2.24, 2.45) is 5.41 Å². The maximum atomic E-state index is 12.3. The Morgan fingerprint density at radius 3 is 2.24 bits per heavy atom. The van der Waals surface area contributed by atoms with Gasteiger partial charge in [-0.3, -0.25) is 0 Å². The normalized spacial score (nSPS) is 12.8. The van der Waals surface area contributed by atoms with Crippen LogP contribution in [0.1, 0.15) is 26.3 Å². The lowest BCUT2D eigenvalue weighted by Crippen LogP contribution is -2.28. The molecule has 0 aromatic heterocycles. The molecule has 0 N–H and O–H groups in total. The van der Waals surface area contributed by atoms with Crippen molar-refractivity contribution in [3.8, 4) is 5.75 Å². The number of hydrogen-bond acceptors (Lipinski definition) is 3. The molecule has 0 saturated heterocycles. The van der Waals surface area contributed by atoms with E-state index < -0.39 is 21.4 Å². The SMILES string of the molecule is [C-]#[N+]c1cc(CC(C)(C)C)ccc1OS(=O)(=O)C(F)(F)F. The van der Waals surface area contributed by atoms with Gasteiger partial charge >= 0.3 is 15.6 Å². The minimum atomic E-state index is -5.77. The number of rotatable bonds is 3. The molecule has 0 amide bonds. The van der Waals surface area contributed by atoms with Crippen molar-refractivity contribution in [1.82, 2.24) is 0 Å². The van der Waals surface area contributed by atoms with E-state index in [1.807, 2.05) is 20.8 Å². The van der Waals surface area contributed by atoms with E-state index in [1.165, 1.54) is 12.1 Å². The summed E-state index contributed by atoms with van der Waals surface area (Å²) in [5.74, 6) is -0.625. The molecular weight excluding hydrogens is 307 g/mol. The molecule has 0 bridgehead atoms. The van der Waals surface area contributed by atoms with Gasteiger partial charge in [-0.05, 0) is 24.0 Å². The largest absolute Gasteiger partial charge is 0.534 e. The average Bonchev–Trinajstić information content (AvgIpc) is 2.27. The Morgan fingerprint density at radius 1 is 1.24 bits per heavy atom. The molecule has 0 saturated carbocycles. The quantitative estimate of drug-likeness (QED) is 0.479. The highest BCUT2D eigenvalue weighted by molar-refractivity contribution is 7.88. The molecule has 0 heterocycles. The lowest BCUT2D eigenvalue weighted by molar-refractivity contribution is -0.0499. The van der Waals surface area contributed by atoms with Crippen molar-refractivity contribution in [3.63, 3.8) is 0 Å². The first-order chi connectivity index (χ1) is 9.36. The van der Waals surface area contributed by atoms with Crippen molar-refractivity contribution in [2.45, 2.75) is 32.7 Å². The van der Waals surface area contributed by atoms with Gasteiger partial charge < -0.3 is 4.18 Å². The molecule has 1 aromatic rings. The zero-order valence-electron chi connectivity index (χ0n) is 11.7. The molecule has 0 unspecified atom stereocenters. The summed E-state index contributed by atoms with van der Waals surface area (Å²) >= 11 is 0. The minimum absolute atomic E-state index is 0.0836. The van der Waals surface area contributed by atoms with Crippen molar-refractivity contribution >= 4 is 15.8 Å². The van der Waals surface area contributed by atoms with Crippen molar-refractivity contribution < 1.29 is 25.8 Å². The fraction of sp³-hybridized carbons (Fsp3) is 0.462. The van der Waals surface area contributed by atoms with Gasteiger partial charge in [0.2, 0.25) is 5.69 Å². The van der Waals surface area contributed by atoms with Gasteiger partial charge in [0.25, 0.3) is 0 Å². The Labute approximate surface area is 121 Å². The summed E-state index contributed by atoms with van der Waals surface area (Å²) in [6.07, 6.45) is 0.585. The van der Waals surface area contributed by atoms with Gasteiger partial charge in [0.05, 0.1) is 6.57 Å². The van der Waals surface area contributed by atoms with Gasteiger partial charge in [-0.2, -0.15) is 21.6 Å². The summed E-state index contributed by atoms with van der Waals surface area (Å²) in [6, 6.07) is 3.85. The van der Waals surface area contributed by atoms with E-state index in [2.05, 4.69) is 9.03 Å². The molecule has 8 heteroatoms. The van der Waals surface area contributed by atoms with Crippen LogP contribution >= 0.6 is 0 Å². The van der Waals surface area contributed by atoms with Gasteiger partial charge in [-0.15, -0.1) is 0 Å². The van der Waals surface area contributed by atoms with Crippen molar-refractivity contribution in [1.29, 1.82) is 0 Å². The first-order valence-corrected chi connectivity index (χ1v) is 7.28. The Morgan fingerprint density at radius 2 is 1.81 bits per heavy atom. The number of benzene rings is 1. The van der Waals surface area contributed by atoms with E-state index in [1.54, 1.807) is 0 Å². The van der Waals surface area contributed by atoms with Crippen LogP contribution in [0.15, 0.2) is 18.2 Å². The Balaban J connectivity index is 3.15. The minimum Gasteiger partial charge on any atom is -0.388 e. The van der Waals surface area contributed by atoms with E-state index in [-0.39, 0.29) is 11.1 Å². The highest BCUT2D eigenvalue weighted by atomic mass is 32.2. The lowest BCUT2D eigenvalue weighted by atomic mass is 9.88. The van der Waals surface area contributed by atoms with Crippen LogP contribution in [-0.4, -0.2) is 13.9 Å². The molecule has 0 aliphatic carbocycles. The fourth-order valence-electron chi connectivity index (χ4n) is 1.61. The maximum Gasteiger partial charge on any atom is 0.534 e. The topological polar surface area (TPSA) is 47.7 Å². The summed E-state index contributed by atoms with van der Waals surface area (Å²) < 4.78 is 62.7. The van der Waals surface area contributed by atoms with E-state index >= 15 is 0 Å². The molecule has 21 heavy (non-hydrogen) atoms. The van der Waals surface area contributed by atoms with Crippen LogP contribution < -0.4 is 4.18 Å². The predicted molar refractivity (Wildman–Crippen MR) is 71.5 cm³/mol. The summed E-state index contributed by atoms with van der Waals surface area (Å²) in [4.78, 5) is 3.02. The van der Waals surface area contributed by atoms with Crippen LogP contribution in [0.5, 0.6) is 5.75 Å². The third kappa shape index (κ3) is 4.63. The third-order valence-electron chi connectivity index (χ3n) is 2.36. The molecule has 4 nitrogen and oxygen atoms in total. The number of nitrogens with zero attached hydrogens (tertiary/aromatic N) is 1. The molecule has 0 spiro atoms. The second kappa shape index (κ2) is 5.56. The van der Waals surface area contributed by atoms with Gasteiger partial charge in [-0.1, -0.05) is 32.4 Å². The standard InChI is InChI=1S/C13H14F3NO3S/c1-12(2,3)8-9-5-6-11(10(7-9)17-4)20-21(18,19)13(14,15)16/h5-7H,8H2,1-3H3. The average molecular weight is 321 g/mol. The Hall–Kier alpha value is -1.75. The molecule has 1 rings (SSSR count). The first-order valence-electron chi connectivity index (χ1n) is 5.87. The van der Waals surface area contributed by atoms with Gasteiger partial charge in [-0.25, -0.2) is 4.85 Å².